The second kappa shape index (κ2) is 5.44. The van der Waals surface area contributed by atoms with Crippen molar-refractivity contribution in [2.45, 2.75) is 10.7 Å². The summed E-state index contributed by atoms with van der Waals surface area (Å²) in [4.78, 5) is 10.1. The van der Waals surface area contributed by atoms with Crippen molar-refractivity contribution in [1.82, 2.24) is 0 Å². The normalized spacial score (nSPS) is 14.3. The molecule has 5 nitrogen and oxygen atoms in total. The van der Waals surface area contributed by atoms with Gasteiger partial charge in [0, 0.05) is 6.26 Å². The van der Waals surface area contributed by atoms with Gasteiger partial charge in [0.1, 0.15) is 4.91 Å². The van der Waals surface area contributed by atoms with Crippen molar-refractivity contribution in [2.75, 3.05) is 12.9 Å². The molecule has 0 aromatic carbocycles. The van der Waals surface area contributed by atoms with Crippen molar-refractivity contribution in [1.29, 1.82) is 0 Å². The van der Waals surface area contributed by atoms with Gasteiger partial charge in [0.2, 0.25) is 3.79 Å². The van der Waals surface area contributed by atoms with E-state index in [1.54, 1.807) is 0 Å². The summed E-state index contributed by atoms with van der Waals surface area (Å²) in [5, 5.41) is 11.4. The molecule has 0 fully saturated rings. The number of halogens is 3. The third-order valence-corrected chi connectivity index (χ3v) is 2.90. The number of allylic oxidation sites excluding steroid dienone is 1. The van der Waals surface area contributed by atoms with E-state index in [-0.39, 0.29) is 6.61 Å². The molecule has 0 aliphatic carbocycles. The monoisotopic (exact) mass is 309 g/mol. The highest BCUT2D eigenvalue weighted by molar-refractivity contribution is 7.95. The maximum Gasteiger partial charge on any atom is 0.348 e. The molecule has 0 spiro atoms. The second-order valence-corrected chi connectivity index (χ2v) is 6.88. The van der Waals surface area contributed by atoms with Crippen LogP contribution >= 0.6 is 34.8 Å². The summed E-state index contributed by atoms with van der Waals surface area (Å²) in [6.45, 7) is 1.34. The highest BCUT2D eigenvalue weighted by Crippen LogP contribution is 2.34. The van der Waals surface area contributed by atoms with Crippen LogP contribution in [0.1, 0.15) is 6.92 Å². The van der Waals surface area contributed by atoms with Gasteiger partial charge >= 0.3 is 5.97 Å². The Morgan fingerprint density at radius 2 is 1.81 bits per heavy atom. The molecular formula is C7H8Cl3O5S-. The van der Waals surface area contributed by atoms with Crippen LogP contribution in [0.4, 0.5) is 0 Å². The van der Waals surface area contributed by atoms with E-state index >= 15 is 0 Å². The molecule has 0 amide bonds. The molecule has 0 aliphatic heterocycles. The molecule has 9 heteroatoms. The van der Waals surface area contributed by atoms with Crippen LogP contribution < -0.4 is 5.11 Å². The molecule has 0 heterocycles. The Balaban J connectivity index is 5.72. The predicted molar refractivity (Wildman–Crippen MR) is 58.8 cm³/mol. The Hall–Kier alpha value is -0.170. The minimum atomic E-state index is -4.13. The lowest BCUT2D eigenvalue weighted by molar-refractivity contribution is -0.305. The topological polar surface area (TPSA) is 83.5 Å². The van der Waals surface area contributed by atoms with Gasteiger partial charge in [-0.25, -0.2) is 13.2 Å². The van der Waals surface area contributed by atoms with Crippen molar-refractivity contribution >= 4 is 50.6 Å². The first-order valence-electron chi connectivity index (χ1n) is 3.87. The Kier molecular flexibility index (Phi) is 5.38. The predicted octanol–water partition coefficient (Wildman–Crippen LogP) is 0.536. The van der Waals surface area contributed by atoms with Crippen LogP contribution in [0.5, 0.6) is 0 Å². The van der Waals surface area contributed by atoms with Crippen LogP contribution in [0.2, 0.25) is 0 Å². The number of sulfone groups is 1. The Labute approximate surface area is 108 Å². The number of ether oxygens (including phenoxy) is 1. The quantitative estimate of drug-likeness (QED) is 0.329. The summed E-state index contributed by atoms with van der Waals surface area (Å²) in [5.74, 6) is -2.76. The fourth-order valence-corrected chi connectivity index (χ4v) is 2.04. The minimum absolute atomic E-state index is 0.106. The molecule has 0 N–H and O–H groups in total. The molecule has 0 unspecified atom stereocenters. The lowest BCUT2D eigenvalue weighted by Gasteiger charge is -2.23. The first kappa shape index (κ1) is 15.8. The van der Waals surface area contributed by atoms with Crippen molar-refractivity contribution in [3.8, 4) is 0 Å². The lowest BCUT2D eigenvalue weighted by atomic mass is 10.4. The number of hydrogen-bond donors (Lipinski definition) is 0. The van der Waals surface area contributed by atoms with Crippen molar-refractivity contribution in [3.05, 3.63) is 10.7 Å². The maximum absolute atomic E-state index is 11.4. The van der Waals surface area contributed by atoms with E-state index in [1.807, 2.05) is 0 Å². The summed E-state index contributed by atoms with van der Waals surface area (Å²) in [5.41, 5.74) is 0. The van der Waals surface area contributed by atoms with Crippen LogP contribution in [-0.4, -0.2) is 31.0 Å². The van der Waals surface area contributed by atoms with Gasteiger partial charge < -0.3 is 9.84 Å². The largest absolute Gasteiger partial charge is 0.872 e. The second-order valence-electron chi connectivity index (χ2n) is 2.65. The number of alkyl halides is 3. The van der Waals surface area contributed by atoms with Gasteiger partial charge in [-0.2, -0.15) is 0 Å². The molecule has 0 bridgehead atoms. The maximum atomic E-state index is 11.4. The fraction of sp³-hybridized carbons (Fsp3) is 0.571. The van der Waals surface area contributed by atoms with Crippen molar-refractivity contribution in [3.63, 3.8) is 0 Å². The molecule has 0 rings (SSSR count). The van der Waals surface area contributed by atoms with Gasteiger partial charge in [0.25, 0.3) is 0 Å². The zero-order chi connectivity index (χ0) is 13.1. The highest BCUT2D eigenvalue weighted by atomic mass is 35.6. The molecule has 0 aromatic heterocycles. The third-order valence-electron chi connectivity index (χ3n) is 1.30. The molecule has 0 saturated carbocycles. The summed E-state index contributed by atoms with van der Waals surface area (Å²) in [6, 6.07) is 0. The summed E-state index contributed by atoms with van der Waals surface area (Å²) in [7, 11) is -4.13. The summed E-state index contributed by atoms with van der Waals surface area (Å²) < 4.78 is 24.3. The van der Waals surface area contributed by atoms with E-state index in [0.717, 1.165) is 0 Å². The number of carbonyl (C=O) groups excluding carboxylic acids is 1. The van der Waals surface area contributed by atoms with Crippen LogP contribution in [0.25, 0.3) is 0 Å². The lowest BCUT2D eigenvalue weighted by Crippen LogP contribution is -2.29. The van der Waals surface area contributed by atoms with Crippen LogP contribution in [0.3, 0.4) is 0 Å². The van der Waals surface area contributed by atoms with E-state index in [9.17, 15) is 18.3 Å². The molecule has 0 aliphatic rings. The van der Waals surface area contributed by atoms with Gasteiger partial charge in [0.05, 0.1) is 6.61 Å². The number of carbonyl (C=O) groups is 1. The van der Waals surface area contributed by atoms with E-state index in [0.29, 0.717) is 6.26 Å². The van der Waals surface area contributed by atoms with Gasteiger partial charge in [0.15, 0.2) is 9.84 Å². The number of esters is 1. The van der Waals surface area contributed by atoms with E-state index < -0.39 is 30.3 Å². The molecule has 0 radical (unpaired) electrons. The Morgan fingerprint density at radius 1 is 1.38 bits per heavy atom. The van der Waals surface area contributed by atoms with Crippen molar-refractivity contribution in [2.24, 2.45) is 0 Å². The molecule has 0 atom stereocenters. The Morgan fingerprint density at radius 3 is 2.06 bits per heavy atom. The van der Waals surface area contributed by atoms with Crippen molar-refractivity contribution < 1.29 is 23.1 Å². The first-order chi connectivity index (χ1) is 7.01. The molecule has 0 aromatic rings. The first-order valence-corrected chi connectivity index (χ1v) is 6.90. The minimum Gasteiger partial charge on any atom is -0.872 e. The zero-order valence-electron chi connectivity index (χ0n) is 8.29. The average Bonchev–Trinajstić information content (AvgIpc) is 1.99. The zero-order valence-corrected chi connectivity index (χ0v) is 11.4. The smallest absolute Gasteiger partial charge is 0.348 e. The molecule has 0 saturated heterocycles. The van der Waals surface area contributed by atoms with Crippen LogP contribution in [-0.2, 0) is 19.4 Å². The third kappa shape index (κ3) is 4.37. The molecule has 94 valence electrons. The average molecular weight is 311 g/mol. The van der Waals surface area contributed by atoms with Gasteiger partial charge in [-0.05, 0) is 6.92 Å². The van der Waals surface area contributed by atoms with Gasteiger partial charge in [-0.3, -0.25) is 0 Å². The number of hydrogen-bond acceptors (Lipinski definition) is 5. The summed E-state index contributed by atoms with van der Waals surface area (Å²) in [6.07, 6.45) is 0.646. The molecule has 16 heavy (non-hydrogen) atoms. The Bertz CT molecular complexity index is 406. The van der Waals surface area contributed by atoms with E-state index in [1.165, 1.54) is 6.92 Å². The molecular weight excluding hydrogens is 302 g/mol. The van der Waals surface area contributed by atoms with Crippen LogP contribution in [0.15, 0.2) is 10.7 Å². The van der Waals surface area contributed by atoms with Gasteiger partial charge in [-0.15, -0.1) is 0 Å². The highest BCUT2D eigenvalue weighted by Gasteiger charge is 2.31. The van der Waals surface area contributed by atoms with E-state index in [2.05, 4.69) is 4.74 Å². The van der Waals surface area contributed by atoms with Gasteiger partial charge in [-0.1, -0.05) is 40.6 Å². The standard InChI is InChI=1S/C7H9Cl3O5S/c1-3-15-6(12)4(16(2,13)14)5(11)7(8,9)10/h11H,3H2,1-2H3/p-1/b5-4+. The van der Waals surface area contributed by atoms with E-state index in [4.69, 9.17) is 34.8 Å². The SMILES string of the molecule is CCOC(=O)/C(=C(\[O-])C(Cl)(Cl)Cl)S(C)(=O)=O. The van der Waals surface area contributed by atoms with Crippen LogP contribution in [0, 0.1) is 0 Å². The fourth-order valence-electron chi connectivity index (χ4n) is 0.738. The summed E-state index contributed by atoms with van der Waals surface area (Å²) >= 11 is 15.7. The number of rotatable bonds is 3.